The van der Waals surface area contributed by atoms with E-state index >= 15 is 0 Å². The van der Waals surface area contributed by atoms with Crippen LogP contribution in [0.15, 0.2) is 28.1 Å². The molecule has 0 aliphatic carbocycles. The molecule has 0 amide bonds. The maximum absolute atomic E-state index is 5.88. The van der Waals surface area contributed by atoms with E-state index in [1.54, 1.807) is 11.8 Å². The van der Waals surface area contributed by atoms with Gasteiger partial charge in [-0.25, -0.2) is 9.97 Å². The summed E-state index contributed by atoms with van der Waals surface area (Å²) in [6.07, 6.45) is 0. The number of ether oxygens (including phenoxy) is 2. The van der Waals surface area contributed by atoms with E-state index in [1.807, 2.05) is 32.0 Å². The Morgan fingerprint density at radius 3 is 2.65 bits per heavy atom. The lowest BCUT2D eigenvalue weighted by atomic mass is 10.3. The summed E-state index contributed by atoms with van der Waals surface area (Å²) in [5.41, 5.74) is 6.78. The summed E-state index contributed by atoms with van der Waals surface area (Å²) < 4.78 is 11.1. The first kappa shape index (κ1) is 13.1. The summed E-state index contributed by atoms with van der Waals surface area (Å²) in [6.45, 7) is 4.94. The Morgan fingerprint density at radius 1 is 1.10 bits per heavy atom. The molecule has 20 heavy (non-hydrogen) atoms. The predicted molar refractivity (Wildman–Crippen MR) is 77.5 cm³/mol. The molecule has 1 aromatic carbocycles. The van der Waals surface area contributed by atoms with Gasteiger partial charge >= 0.3 is 0 Å². The summed E-state index contributed by atoms with van der Waals surface area (Å²) >= 11 is 1.55. The lowest BCUT2D eigenvalue weighted by Crippen LogP contribution is -2.15. The van der Waals surface area contributed by atoms with Crippen molar-refractivity contribution in [1.29, 1.82) is 0 Å². The van der Waals surface area contributed by atoms with E-state index < -0.39 is 0 Å². The zero-order chi connectivity index (χ0) is 14.1. The van der Waals surface area contributed by atoms with Crippen molar-refractivity contribution in [3.05, 3.63) is 29.6 Å². The summed E-state index contributed by atoms with van der Waals surface area (Å²) in [7, 11) is 0. The Hall–Kier alpha value is -1.95. The molecule has 5 nitrogen and oxygen atoms in total. The van der Waals surface area contributed by atoms with Crippen LogP contribution >= 0.6 is 11.8 Å². The molecule has 1 aromatic heterocycles. The predicted octanol–water partition coefficient (Wildman–Crippen LogP) is 2.60. The molecule has 0 unspecified atom stereocenters. The van der Waals surface area contributed by atoms with E-state index in [-0.39, 0.29) is 0 Å². The number of hydrogen-bond acceptors (Lipinski definition) is 6. The molecule has 1 aliphatic heterocycles. The number of nitrogens with two attached hydrogens (primary N) is 1. The molecule has 0 atom stereocenters. The number of anilines is 1. The Balaban J connectivity index is 1.91. The third kappa shape index (κ3) is 2.51. The van der Waals surface area contributed by atoms with Gasteiger partial charge in [0, 0.05) is 10.5 Å². The van der Waals surface area contributed by atoms with Gasteiger partial charge in [0.2, 0.25) is 0 Å². The zero-order valence-electron chi connectivity index (χ0n) is 11.3. The van der Waals surface area contributed by atoms with Crippen molar-refractivity contribution in [3.63, 3.8) is 0 Å². The Morgan fingerprint density at radius 2 is 1.85 bits per heavy atom. The van der Waals surface area contributed by atoms with Crippen LogP contribution in [0, 0.1) is 13.8 Å². The molecule has 0 fully saturated rings. The van der Waals surface area contributed by atoms with E-state index in [1.165, 1.54) is 0 Å². The Kier molecular flexibility index (Phi) is 3.40. The highest BCUT2D eigenvalue weighted by Crippen LogP contribution is 2.37. The first-order chi connectivity index (χ1) is 9.63. The topological polar surface area (TPSA) is 70.3 Å². The zero-order valence-corrected chi connectivity index (χ0v) is 12.2. The summed E-state index contributed by atoms with van der Waals surface area (Å²) in [6, 6.07) is 5.88. The normalized spacial score (nSPS) is 13.3. The van der Waals surface area contributed by atoms with E-state index in [2.05, 4.69) is 9.97 Å². The van der Waals surface area contributed by atoms with Crippen LogP contribution in [-0.4, -0.2) is 23.2 Å². The molecule has 0 saturated carbocycles. The van der Waals surface area contributed by atoms with Gasteiger partial charge in [-0.3, -0.25) is 0 Å². The van der Waals surface area contributed by atoms with Crippen molar-refractivity contribution in [2.45, 2.75) is 23.8 Å². The van der Waals surface area contributed by atoms with Gasteiger partial charge in [-0.2, -0.15) is 0 Å². The van der Waals surface area contributed by atoms with E-state index in [9.17, 15) is 0 Å². The number of nitrogen functional groups attached to an aromatic ring is 1. The van der Waals surface area contributed by atoms with Crippen molar-refractivity contribution in [2.24, 2.45) is 0 Å². The molecule has 0 saturated heterocycles. The van der Waals surface area contributed by atoms with Gasteiger partial charge in [-0.1, -0.05) is 11.8 Å². The third-order valence-corrected chi connectivity index (χ3v) is 4.06. The lowest BCUT2D eigenvalue weighted by Gasteiger charge is -2.18. The van der Waals surface area contributed by atoms with E-state index in [4.69, 9.17) is 15.2 Å². The lowest BCUT2D eigenvalue weighted by molar-refractivity contribution is 0.171. The highest BCUT2D eigenvalue weighted by Gasteiger charge is 2.14. The fourth-order valence-electron chi connectivity index (χ4n) is 1.92. The van der Waals surface area contributed by atoms with E-state index in [0.29, 0.717) is 24.9 Å². The number of aryl methyl sites for hydroxylation is 1. The molecule has 0 spiro atoms. The van der Waals surface area contributed by atoms with Crippen LogP contribution in [0.3, 0.4) is 0 Å². The quantitative estimate of drug-likeness (QED) is 0.857. The van der Waals surface area contributed by atoms with Gasteiger partial charge in [-0.05, 0) is 32.0 Å². The Labute approximate surface area is 121 Å². The summed E-state index contributed by atoms with van der Waals surface area (Å²) in [5, 5.41) is 0.867. The minimum Gasteiger partial charge on any atom is -0.486 e. The second-order valence-corrected chi connectivity index (χ2v) is 5.56. The molecule has 0 bridgehead atoms. The molecular weight excluding hydrogens is 274 g/mol. The minimum absolute atomic E-state index is 0.526. The first-order valence-corrected chi connectivity index (χ1v) is 7.13. The highest BCUT2D eigenvalue weighted by atomic mass is 32.2. The molecule has 6 heteroatoms. The van der Waals surface area contributed by atoms with Gasteiger partial charge in [-0.15, -0.1) is 0 Å². The standard InChI is InChI=1S/C14H15N3O2S/c1-8-13(15)16-9(2)17-14(8)20-10-3-4-11-12(7-10)19-6-5-18-11/h3-4,7H,5-6H2,1-2H3,(H2,15,16,17). The van der Waals surface area contributed by atoms with Crippen LogP contribution < -0.4 is 15.2 Å². The molecule has 2 aromatic rings. The largest absolute Gasteiger partial charge is 0.486 e. The van der Waals surface area contributed by atoms with Crippen LogP contribution in [0.5, 0.6) is 11.5 Å². The maximum Gasteiger partial charge on any atom is 0.162 e. The fourth-order valence-corrected chi connectivity index (χ4v) is 2.88. The van der Waals surface area contributed by atoms with Crippen molar-refractivity contribution >= 4 is 17.6 Å². The van der Waals surface area contributed by atoms with Crippen LogP contribution in [0.4, 0.5) is 5.82 Å². The fraction of sp³-hybridized carbons (Fsp3) is 0.286. The SMILES string of the molecule is Cc1nc(N)c(C)c(Sc2ccc3c(c2)OCCO3)n1. The second-order valence-electron chi connectivity index (χ2n) is 4.49. The van der Waals surface area contributed by atoms with Crippen LogP contribution in [-0.2, 0) is 0 Å². The molecular formula is C14H15N3O2S. The number of aromatic nitrogens is 2. The third-order valence-electron chi connectivity index (χ3n) is 2.98. The van der Waals surface area contributed by atoms with Gasteiger partial charge in [0.15, 0.2) is 11.5 Å². The van der Waals surface area contributed by atoms with Crippen molar-refractivity contribution in [1.82, 2.24) is 9.97 Å². The van der Waals surface area contributed by atoms with Crippen molar-refractivity contribution in [2.75, 3.05) is 18.9 Å². The number of benzene rings is 1. The number of fused-ring (bicyclic) bond motifs is 1. The average Bonchev–Trinajstić information content (AvgIpc) is 2.44. The molecule has 1 aliphatic rings. The highest BCUT2D eigenvalue weighted by molar-refractivity contribution is 7.99. The molecule has 3 rings (SSSR count). The number of hydrogen-bond donors (Lipinski definition) is 1. The molecule has 104 valence electrons. The number of rotatable bonds is 2. The first-order valence-electron chi connectivity index (χ1n) is 6.31. The average molecular weight is 289 g/mol. The van der Waals surface area contributed by atoms with Gasteiger partial charge in [0.25, 0.3) is 0 Å². The van der Waals surface area contributed by atoms with Crippen LogP contribution in [0.2, 0.25) is 0 Å². The summed E-state index contributed by atoms with van der Waals surface area (Å²) in [5.74, 6) is 2.76. The molecule has 2 N–H and O–H groups in total. The van der Waals surface area contributed by atoms with Gasteiger partial charge < -0.3 is 15.2 Å². The molecule has 0 radical (unpaired) electrons. The second kappa shape index (κ2) is 5.20. The Bertz CT molecular complexity index is 661. The minimum atomic E-state index is 0.526. The monoisotopic (exact) mass is 289 g/mol. The van der Waals surface area contributed by atoms with Crippen molar-refractivity contribution in [3.8, 4) is 11.5 Å². The van der Waals surface area contributed by atoms with Crippen LogP contribution in [0.1, 0.15) is 11.4 Å². The smallest absolute Gasteiger partial charge is 0.162 e. The number of nitrogens with zero attached hydrogens (tertiary/aromatic N) is 2. The van der Waals surface area contributed by atoms with Gasteiger partial charge in [0.1, 0.15) is 29.9 Å². The summed E-state index contributed by atoms with van der Waals surface area (Å²) in [4.78, 5) is 9.63. The van der Waals surface area contributed by atoms with Crippen LogP contribution in [0.25, 0.3) is 0 Å². The van der Waals surface area contributed by atoms with Gasteiger partial charge in [0.05, 0.1) is 0 Å². The maximum atomic E-state index is 5.88. The molecule has 2 heterocycles. The van der Waals surface area contributed by atoms with E-state index in [0.717, 1.165) is 27.0 Å². The van der Waals surface area contributed by atoms with Crippen molar-refractivity contribution < 1.29 is 9.47 Å².